The van der Waals surface area contributed by atoms with Gasteiger partial charge in [-0.2, -0.15) is 0 Å². The zero-order valence-corrected chi connectivity index (χ0v) is 10.00. The first kappa shape index (κ1) is 10.6. The van der Waals surface area contributed by atoms with Crippen molar-refractivity contribution in [2.45, 2.75) is 13.8 Å². The molecule has 0 heterocycles. The number of benzene rings is 1. The van der Waals surface area contributed by atoms with Crippen molar-refractivity contribution in [3.8, 4) is 11.5 Å². The molecule has 0 aliphatic rings. The third-order valence-corrected chi connectivity index (χ3v) is 2.36. The van der Waals surface area contributed by atoms with Crippen molar-refractivity contribution in [3.05, 3.63) is 21.8 Å². The van der Waals surface area contributed by atoms with E-state index in [0.29, 0.717) is 13.2 Å². The summed E-state index contributed by atoms with van der Waals surface area (Å²) in [5.74, 6) is 1.82. The SMILES string of the molecule is CCOc1ccc(OCC)c(I)c1. The Morgan fingerprint density at radius 2 is 1.85 bits per heavy atom. The second-order valence-corrected chi connectivity index (χ2v) is 3.62. The molecule has 1 rings (SSSR count). The van der Waals surface area contributed by atoms with Crippen molar-refractivity contribution >= 4 is 22.6 Å². The highest BCUT2D eigenvalue weighted by Crippen LogP contribution is 2.25. The van der Waals surface area contributed by atoms with Crippen LogP contribution >= 0.6 is 22.6 Å². The van der Waals surface area contributed by atoms with Crippen LogP contribution in [0.25, 0.3) is 0 Å². The van der Waals surface area contributed by atoms with Crippen molar-refractivity contribution in [2.75, 3.05) is 13.2 Å². The maximum absolute atomic E-state index is 5.41. The average molecular weight is 292 g/mol. The van der Waals surface area contributed by atoms with Gasteiger partial charge in [0.15, 0.2) is 0 Å². The van der Waals surface area contributed by atoms with E-state index in [2.05, 4.69) is 22.6 Å². The molecule has 2 nitrogen and oxygen atoms in total. The highest BCUT2D eigenvalue weighted by Gasteiger charge is 2.01. The summed E-state index contributed by atoms with van der Waals surface area (Å²) in [6.07, 6.45) is 0. The third kappa shape index (κ3) is 3.06. The first-order valence-electron chi connectivity index (χ1n) is 4.33. The molecule has 72 valence electrons. The molecule has 3 heteroatoms. The van der Waals surface area contributed by atoms with E-state index in [0.717, 1.165) is 15.1 Å². The molecular weight excluding hydrogens is 279 g/mol. The predicted molar refractivity (Wildman–Crippen MR) is 61.5 cm³/mol. The van der Waals surface area contributed by atoms with Gasteiger partial charge in [0, 0.05) is 0 Å². The Kier molecular flexibility index (Phi) is 4.35. The minimum atomic E-state index is 0.698. The Morgan fingerprint density at radius 3 is 2.38 bits per heavy atom. The van der Waals surface area contributed by atoms with Crippen LogP contribution < -0.4 is 9.47 Å². The largest absolute Gasteiger partial charge is 0.494 e. The second kappa shape index (κ2) is 5.32. The van der Waals surface area contributed by atoms with Gasteiger partial charge in [0.05, 0.1) is 16.8 Å². The first-order valence-corrected chi connectivity index (χ1v) is 5.41. The van der Waals surface area contributed by atoms with Crippen LogP contribution in [-0.2, 0) is 0 Å². The van der Waals surface area contributed by atoms with E-state index in [-0.39, 0.29) is 0 Å². The van der Waals surface area contributed by atoms with Crippen LogP contribution in [0.2, 0.25) is 0 Å². The highest BCUT2D eigenvalue weighted by molar-refractivity contribution is 14.1. The minimum Gasteiger partial charge on any atom is -0.494 e. The van der Waals surface area contributed by atoms with E-state index in [1.165, 1.54) is 0 Å². The predicted octanol–water partition coefficient (Wildman–Crippen LogP) is 3.09. The maximum atomic E-state index is 5.41. The summed E-state index contributed by atoms with van der Waals surface area (Å²) in [4.78, 5) is 0. The molecule has 1 aromatic rings. The van der Waals surface area contributed by atoms with Gasteiger partial charge in [-0.1, -0.05) is 0 Å². The van der Waals surface area contributed by atoms with Gasteiger partial charge in [-0.3, -0.25) is 0 Å². The summed E-state index contributed by atoms with van der Waals surface area (Å²) in [6.45, 7) is 5.35. The van der Waals surface area contributed by atoms with E-state index in [1.807, 2.05) is 32.0 Å². The number of rotatable bonds is 4. The van der Waals surface area contributed by atoms with Gasteiger partial charge >= 0.3 is 0 Å². The lowest BCUT2D eigenvalue weighted by atomic mass is 10.3. The summed E-state index contributed by atoms with van der Waals surface area (Å²) < 4.78 is 11.9. The van der Waals surface area contributed by atoms with Crippen LogP contribution in [0.3, 0.4) is 0 Å². The molecule has 0 N–H and O–H groups in total. The van der Waals surface area contributed by atoms with Crippen molar-refractivity contribution in [2.24, 2.45) is 0 Å². The molecule has 0 aromatic heterocycles. The van der Waals surface area contributed by atoms with Crippen LogP contribution in [0.5, 0.6) is 11.5 Å². The van der Waals surface area contributed by atoms with Gasteiger partial charge in [0.1, 0.15) is 11.5 Å². The lowest BCUT2D eigenvalue weighted by Gasteiger charge is -2.08. The molecule has 0 spiro atoms. The molecule has 0 bridgehead atoms. The van der Waals surface area contributed by atoms with E-state index in [4.69, 9.17) is 9.47 Å². The van der Waals surface area contributed by atoms with Gasteiger partial charge in [-0.25, -0.2) is 0 Å². The maximum Gasteiger partial charge on any atom is 0.132 e. The van der Waals surface area contributed by atoms with Crippen LogP contribution in [0.1, 0.15) is 13.8 Å². The Morgan fingerprint density at radius 1 is 1.15 bits per heavy atom. The zero-order valence-electron chi connectivity index (χ0n) is 7.84. The quantitative estimate of drug-likeness (QED) is 0.794. The molecule has 0 saturated heterocycles. The normalized spacial score (nSPS) is 9.77. The standard InChI is InChI=1S/C10H13IO2/c1-3-12-8-5-6-10(13-4-2)9(11)7-8/h5-7H,3-4H2,1-2H3. The summed E-state index contributed by atoms with van der Waals surface area (Å²) in [6, 6.07) is 5.85. The Balaban J connectivity index is 2.79. The van der Waals surface area contributed by atoms with Crippen molar-refractivity contribution in [3.63, 3.8) is 0 Å². The van der Waals surface area contributed by atoms with Crippen LogP contribution in [-0.4, -0.2) is 13.2 Å². The Labute approximate surface area is 92.4 Å². The molecule has 0 aliphatic carbocycles. The van der Waals surface area contributed by atoms with E-state index < -0.39 is 0 Å². The summed E-state index contributed by atoms with van der Waals surface area (Å²) >= 11 is 2.24. The number of hydrogen-bond acceptors (Lipinski definition) is 2. The number of ether oxygens (including phenoxy) is 2. The van der Waals surface area contributed by atoms with E-state index in [9.17, 15) is 0 Å². The monoisotopic (exact) mass is 292 g/mol. The molecule has 0 saturated carbocycles. The number of hydrogen-bond donors (Lipinski definition) is 0. The lowest BCUT2D eigenvalue weighted by molar-refractivity contribution is 0.328. The Hall–Kier alpha value is -0.450. The molecule has 0 fully saturated rings. The molecule has 0 unspecified atom stereocenters. The third-order valence-electron chi connectivity index (χ3n) is 1.51. The average Bonchev–Trinajstić information content (AvgIpc) is 2.10. The fourth-order valence-corrected chi connectivity index (χ4v) is 1.65. The van der Waals surface area contributed by atoms with E-state index >= 15 is 0 Å². The lowest BCUT2D eigenvalue weighted by Crippen LogP contribution is -1.96. The fraction of sp³-hybridized carbons (Fsp3) is 0.400. The van der Waals surface area contributed by atoms with Gasteiger partial charge in [-0.05, 0) is 54.6 Å². The molecule has 1 aromatic carbocycles. The number of halogens is 1. The van der Waals surface area contributed by atoms with Crippen LogP contribution in [0.4, 0.5) is 0 Å². The van der Waals surface area contributed by atoms with Crippen molar-refractivity contribution in [1.29, 1.82) is 0 Å². The summed E-state index contributed by atoms with van der Waals surface area (Å²) in [7, 11) is 0. The van der Waals surface area contributed by atoms with Crippen molar-refractivity contribution in [1.82, 2.24) is 0 Å². The van der Waals surface area contributed by atoms with Gasteiger partial charge in [0.25, 0.3) is 0 Å². The van der Waals surface area contributed by atoms with Crippen LogP contribution in [0.15, 0.2) is 18.2 Å². The summed E-state index contributed by atoms with van der Waals surface area (Å²) in [5.41, 5.74) is 0. The smallest absolute Gasteiger partial charge is 0.132 e. The van der Waals surface area contributed by atoms with Crippen molar-refractivity contribution < 1.29 is 9.47 Å². The molecular formula is C10H13IO2. The molecule has 0 amide bonds. The molecule has 0 radical (unpaired) electrons. The highest BCUT2D eigenvalue weighted by atomic mass is 127. The fourth-order valence-electron chi connectivity index (χ4n) is 1.01. The van der Waals surface area contributed by atoms with Gasteiger partial charge in [-0.15, -0.1) is 0 Å². The Bertz CT molecular complexity index is 274. The van der Waals surface area contributed by atoms with E-state index in [1.54, 1.807) is 0 Å². The van der Waals surface area contributed by atoms with Gasteiger partial charge in [0.2, 0.25) is 0 Å². The second-order valence-electron chi connectivity index (χ2n) is 2.46. The minimum absolute atomic E-state index is 0.698. The van der Waals surface area contributed by atoms with Gasteiger partial charge < -0.3 is 9.47 Å². The van der Waals surface area contributed by atoms with Crippen LogP contribution in [0, 0.1) is 3.57 Å². The molecule has 0 aliphatic heterocycles. The molecule has 13 heavy (non-hydrogen) atoms. The zero-order chi connectivity index (χ0) is 9.68. The topological polar surface area (TPSA) is 18.5 Å². The summed E-state index contributed by atoms with van der Waals surface area (Å²) in [5, 5.41) is 0. The first-order chi connectivity index (χ1) is 6.27. The molecule has 0 atom stereocenters.